The molecule has 0 bridgehead atoms. The Morgan fingerprint density at radius 2 is 2.10 bits per heavy atom. The predicted octanol–water partition coefficient (Wildman–Crippen LogP) is 3.30. The Kier molecular flexibility index (Phi) is 6.94. The molecular formula is C19H25N3O7. The molecule has 0 spiro atoms. The topological polar surface area (TPSA) is 121 Å². The molecule has 0 amide bonds. The molecule has 1 aromatic rings. The van der Waals surface area contributed by atoms with E-state index in [4.69, 9.17) is 34.0 Å². The molecule has 0 saturated carbocycles. The third kappa shape index (κ3) is 5.37. The van der Waals surface area contributed by atoms with Gasteiger partial charge in [-0.2, -0.15) is 0 Å². The Balaban J connectivity index is 1.85. The van der Waals surface area contributed by atoms with Gasteiger partial charge in [-0.25, -0.2) is 4.79 Å². The molecule has 10 heteroatoms. The van der Waals surface area contributed by atoms with Gasteiger partial charge in [0.05, 0.1) is 19.8 Å². The summed E-state index contributed by atoms with van der Waals surface area (Å²) in [6.07, 6.45) is -4.00. The van der Waals surface area contributed by atoms with Crippen LogP contribution in [0.3, 0.4) is 0 Å². The third-order valence-corrected chi connectivity index (χ3v) is 4.57. The minimum atomic E-state index is -1.19. The summed E-state index contributed by atoms with van der Waals surface area (Å²) in [5.74, 6) is -0.866. The van der Waals surface area contributed by atoms with Crippen molar-refractivity contribution in [2.24, 2.45) is 5.11 Å². The standard InChI is InChI=1S/C19H25N3O7/c1-4-24-18(23)28-17-14(21-22-20)16(25-10-12-8-6-5-7-9-12)15-13(27-17)11-26-19(2,3)29-15/h5-9,13-17H,4,10-11H2,1-3H3/t13-,14+,15-,16-,17+/m1/s1. The first-order chi connectivity index (χ1) is 13.9. The third-order valence-electron chi connectivity index (χ3n) is 4.57. The van der Waals surface area contributed by atoms with Crippen LogP contribution in [-0.2, 0) is 35.0 Å². The number of ether oxygens (including phenoxy) is 6. The lowest BCUT2D eigenvalue weighted by atomic mass is 9.95. The van der Waals surface area contributed by atoms with Crippen molar-refractivity contribution in [2.75, 3.05) is 13.2 Å². The fourth-order valence-corrected chi connectivity index (χ4v) is 3.30. The molecule has 0 radical (unpaired) electrons. The summed E-state index contributed by atoms with van der Waals surface area (Å²) in [7, 11) is 0. The maximum absolute atomic E-state index is 11.8. The van der Waals surface area contributed by atoms with Crippen molar-refractivity contribution in [1.82, 2.24) is 0 Å². The van der Waals surface area contributed by atoms with Crippen molar-refractivity contribution in [3.63, 3.8) is 0 Å². The number of nitrogens with zero attached hydrogens (tertiary/aromatic N) is 3. The molecule has 2 aliphatic rings. The second kappa shape index (κ2) is 9.43. The summed E-state index contributed by atoms with van der Waals surface area (Å²) in [4.78, 5) is 14.7. The van der Waals surface area contributed by atoms with Gasteiger partial charge >= 0.3 is 6.16 Å². The number of carbonyl (C=O) groups excluding carboxylic acids is 1. The van der Waals surface area contributed by atoms with E-state index >= 15 is 0 Å². The Bertz CT molecular complexity index is 739. The van der Waals surface area contributed by atoms with Crippen molar-refractivity contribution < 1.29 is 33.2 Å². The lowest BCUT2D eigenvalue weighted by Crippen LogP contribution is -2.65. The van der Waals surface area contributed by atoms with Gasteiger partial charge in [-0.1, -0.05) is 35.4 Å². The van der Waals surface area contributed by atoms with E-state index in [0.29, 0.717) is 0 Å². The van der Waals surface area contributed by atoms with Gasteiger partial charge in [0.15, 0.2) is 5.79 Å². The second-order valence-electron chi connectivity index (χ2n) is 7.09. The van der Waals surface area contributed by atoms with E-state index in [1.807, 2.05) is 30.3 Å². The van der Waals surface area contributed by atoms with Crippen LogP contribution in [0, 0.1) is 0 Å². The zero-order valence-corrected chi connectivity index (χ0v) is 16.6. The summed E-state index contributed by atoms with van der Waals surface area (Å²) in [6.45, 7) is 5.80. The van der Waals surface area contributed by atoms with Gasteiger partial charge in [-0.05, 0) is 31.9 Å². The fraction of sp³-hybridized carbons (Fsp3) is 0.632. The van der Waals surface area contributed by atoms with Crippen molar-refractivity contribution in [3.05, 3.63) is 46.3 Å². The van der Waals surface area contributed by atoms with Gasteiger partial charge in [0.25, 0.3) is 0 Å². The lowest BCUT2D eigenvalue weighted by Gasteiger charge is -2.49. The average Bonchev–Trinajstić information content (AvgIpc) is 2.69. The van der Waals surface area contributed by atoms with Crippen LogP contribution in [0.25, 0.3) is 10.4 Å². The number of azide groups is 1. The molecule has 10 nitrogen and oxygen atoms in total. The number of fused-ring (bicyclic) bond motifs is 1. The Morgan fingerprint density at radius 3 is 2.79 bits per heavy atom. The molecule has 5 atom stereocenters. The fourth-order valence-electron chi connectivity index (χ4n) is 3.30. The molecular weight excluding hydrogens is 382 g/mol. The summed E-state index contributed by atoms with van der Waals surface area (Å²) < 4.78 is 33.7. The first-order valence-corrected chi connectivity index (χ1v) is 9.44. The minimum absolute atomic E-state index is 0.137. The Hall–Kier alpha value is -2.36. The summed E-state index contributed by atoms with van der Waals surface area (Å²) >= 11 is 0. The van der Waals surface area contributed by atoms with E-state index in [9.17, 15) is 4.79 Å². The van der Waals surface area contributed by atoms with Gasteiger partial charge in [-0.3, -0.25) is 0 Å². The largest absolute Gasteiger partial charge is 0.510 e. The molecule has 2 saturated heterocycles. The van der Waals surface area contributed by atoms with Crippen LogP contribution < -0.4 is 0 Å². The zero-order chi connectivity index (χ0) is 20.9. The van der Waals surface area contributed by atoms with Crippen molar-refractivity contribution in [3.8, 4) is 0 Å². The number of rotatable bonds is 6. The van der Waals surface area contributed by atoms with E-state index in [1.165, 1.54) is 0 Å². The average molecular weight is 407 g/mol. The van der Waals surface area contributed by atoms with Crippen molar-refractivity contribution >= 4 is 6.16 Å². The molecule has 0 aliphatic carbocycles. The first kappa shape index (κ1) is 21.4. The maximum atomic E-state index is 11.8. The van der Waals surface area contributed by atoms with Crippen LogP contribution in [0.5, 0.6) is 0 Å². The molecule has 0 aromatic heterocycles. The molecule has 158 valence electrons. The van der Waals surface area contributed by atoms with E-state index in [2.05, 4.69) is 10.0 Å². The Morgan fingerprint density at radius 1 is 1.34 bits per heavy atom. The quantitative estimate of drug-likeness (QED) is 0.307. The van der Waals surface area contributed by atoms with Crippen molar-refractivity contribution in [2.45, 2.75) is 63.8 Å². The number of benzene rings is 1. The molecule has 2 fully saturated rings. The molecule has 1 aromatic carbocycles. The number of hydrogen-bond donors (Lipinski definition) is 0. The highest BCUT2D eigenvalue weighted by Gasteiger charge is 2.53. The number of carbonyl (C=O) groups is 1. The number of hydrogen-bond acceptors (Lipinski definition) is 8. The highest BCUT2D eigenvalue weighted by Crippen LogP contribution is 2.36. The lowest BCUT2D eigenvalue weighted by molar-refractivity contribution is -0.367. The van der Waals surface area contributed by atoms with E-state index in [1.54, 1.807) is 20.8 Å². The van der Waals surface area contributed by atoms with Crippen LogP contribution in [0.1, 0.15) is 26.3 Å². The molecule has 0 unspecified atom stereocenters. The molecule has 3 rings (SSSR count). The maximum Gasteiger partial charge on any atom is 0.510 e. The van der Waals surface area contributed by atoms with Crippen molar-refractivity contribution in [1.29, 1.82) is 0 Å². The van der Waals surface area contributed by atoms with Gasteiger partial charge in [0.2, 0.25) is 6.29 Å². The van der Waals surface area contributed by atoms with Crippen LogP contribution in [0.4, 0.5) is 4.79 Å². The van der Waals surface area contributed by atoms with Crippen LogP contribution in [-0.4, -0.2) is 55.8 Å². The summed E-state index contributed by atoms with van der Waals surface area (Å²) in [5, 5.41) is 3.79. The zero-order valence-electron chi connectivity index (χ0n) is 16.6. The molecule has 2 heterocycles. The minimum Gasteiger partial charge on any atom is -0.435 e. The summed E-state index contributed by atoms with van der Waals surface area (Å²) in [6, 6.07) is 8.57. The predicted molar refractivity (Wildman–Crippen MR) is 99.6 cm³/mol. The van der Waals surface area contributed by atoms with Crippen LogP contribution >= 0.6 is 0 Å². The first-order valence-electron chi connectivity index (χ1n) is 9.44. The van der Waals surface area contributed by atoms with Gasteiger partial charge < -0.3 is 28.4 Å². The molecule has 2 aliphatic heterocycles. The SMILES string of the molecule is CCOC(=O)O[C@@H]1O[C@@H]2COC(C)(C)O[C@H]2[C@H](OCc2ccccc2)[C@@H]1N=[N+]=[N-]. The normalized spacial score (nSPS) is 30.5. The second-order valence-corrected chi connectivity index (χ2v) is 7.09. The Labute approximate surface area is 168 Å². The van der Waals surface area contributed by atoms with Crippen LogP contribution in [0.15, 0.2) is 35.4 Å². The van der Waals surface area contributed by atoms with E-state index < -0.39 is 42.6 Å². The van der Waals surface area contributed by atoms with Crippen LogP contribution in [0.2, 0.25) is 0 Å². The van der Waals surface area contributed by atoms with E-state index in [-0.39, 0.29) is 19.8 Å². The van der Waals surface area contributed by atoms with Gasteiger partial charge in [0, 0.05) is 4.91 Å². The molecule has 0 N–H and O–H groups in total. The van der Waals surface area contributed by atoms with E-state index in [0.717, 1.165) is 5.56 Å². The highest BCUT2D eigenvalue weighted by atomic mass is 16.8. The van der Waals surface area contributed by atoms with Gasteiger partial charge in [-0.15, -0.1) is 0 Å². The highest BCUT2D eigenvalue weighted by molar-refractivity contribution is 5.60. The summed E-state index contributed by atoms with van der Waals surface area (Å²) in [5.41, 5.74) is 10.0. The molecule has 29 heavy (non-hydrogen) atoms. The monoisotopic (exact) mass is 407 g/mol. The smallest absolute Gasteiger partial charge is 0.435 e. The van der Waals surface area contributed by atoms with Gasteiger partial charge in [0.1, 0.15) is 24.4 Å².